The molecular weight excluding hydrogens is 454 g/mol. The van der Waals surface area contributed by atoms with Crippen LogP contribution in [0.3, 0.4) is 0 Å². The molecule has 4 rings (SSSR count). The predicted octanol–water partition coefficient (Wildman–Crippen LogP) is 8.23. The molecule has 0 bridgehead atoms. The van der Waals surface area contributed by atoms with Crippen molar-refractivity contribution in [2.24, 2.45) is 17.8 Å². The summed E-state index contributed by atoms with van der Waals surface area (Å²) in [4.78, 5) is 17.9. The van der Waals surface area contributed by atoms with E-state index in [-0.39, 0.29) is 23.4 Å². The number of allylic oxidation sites excluding steroid dienone is 2. The Kier molecular flexibility index (Phi) is 7.10. The predicted molar refractivity (Wildman–Crippen MR) is 136 cm³/mol. The van der Waals surface area contributed by atoms with Crippen molar-refractivity contribution in [2.45, 2.75) is 53.4 Å². The maximum absolute atomic E-state index is 13.4. The molecule has 0 aliphatic heterocycles. The monoisotopic (exact) mass is 483 g/mol. The van der Waals surface area contributed by atoms with Crippen LogP contribution in [0.4, 0.5) is 0 Å². The van der Waals surface area contributed by atoms with Gasteiger partial charge in [0.1, 0.15) is 11.5 Å². The molecule has 3 atom stereocenters. The van der Waals surface area contributed by atoms with Gasteiger partial charge in [0.05, 0.1) is 15.8 Å². The van der Waals surface area contributed by atoms with Crippen molar-refractivity contribution in [3.05, 3.63) is 58.3 Å². The zero-order valence-corrected chi connectivity index (χ0v) is 21.1. The van der Waals surface area contributed by atoms with E-state index in [1.807, 2.05) is 43.3 Å². The molecule has 0 fully saturated rings. The van der Waals surface area contributed by atoms with Crippen molar-refractivity contribution in [1.82, 2.24) is 4.98 Å². The molecule has 0 radical (unpaired) electrons. The third-order valence-corrected chi connectivity index (χ3v) is 7.87. The highest BCUT2D eigenvalue weighted by atomic mass is 35.5. The number of hydrogen-bond donors (Lipinski definition) is 1. The molecule has 1 heterocycles. The Hall–Kier alpha value is -2.37. The lowest BCUT2D eigenvalue weighted by Crippen LogP contribution is -2.15. The fourth-order valence-corrected chi connectivity index (χ4v) is 5.54. The van der Waals surface area contributed by atoms with Crippen molar-refractivity contribution >= 4 is 44.5 Å². The van der Waals surface area contributed by atoms with Crippen LogP contribution in [0.25, 0.3) is 15.8 Å². The van der Waals surface area contributed by atoms with Crippen LogP contribution in [0.15, 0.2) is 42.2 Å². The fourth-order valence-electron chi connectivity index (χ4n) is 4.43. The highest BCUT2D eigenvalue weighted by Gasteiger charge is 2.29. The molecule has 0 spiro atoms. The largest absolute Gasteiger partial charge is 0.511 e. The number of aromatic nitrogens is 1. The number of ether oxygens (including phenoxy) is 1. The number of carbonyl (C=O) groups excluding carboxylic acids is 1. The van der Waals surface area contributed by atoms with Gasteiger partial charge in [0.15, 0.2) is 5.78 Å². The number of ketones is 1. The van der Waals surface area contributed by atoms with E-state index in [0.717, 1.165) is 40.6 Å². The maximum atomic E-state index is 13.4. The van der Waals surface area contributed by atoms with Crippen LogP contribution in [-0.4, -0.2) is 15.9 Å². The lowest BCUT2D eigenvalue weighted by atomic mass is 9.85. The molecule has 1 N–H and O–H groups in total. The van der Waals surface area contributed by atoms with Crippen molar-refractivity contribution in [2.75, 3.05) is 0 Å². The van der Waals surface area contributed by atoms with E-state index in [2.05, 4.69) is 25.8 Å². The van der Waals surface area contributed by atoms with E-state index >= 15 is 0 Å². The first-order valence-corrected chi connectivity index (χ1v) is 12.8. The van der Waals surface area contributed by atoms with Crippen LogP contribution in [0.2, 0.25) is 5.02 Å². The first-order valence-electron chi connectivity index (χ1n) is 11.6. The summed E-state index contributed by atoms with van der Waals surface area (Å²) in [7, 11) is 0. The SMILES string of the molecule is CCc1ccc(Oc2nc3ccc(Cl)cc3s2)cc1/C1=C(\O)C(C)[C@@H](C)CC[C@@H](C)CC1=O. The van der Waals surface area contributed by atoms with Crippen LogP contribution >= 0.6 is 22.9 Å². The number of hydrogen-bond acceptors (Lipinski definition) is 5. The van der Waals surface area contributed by atoms with Crippen LogP contribution in [0.1, 0.15) is 58.1 Å². The zero-order valence-electron chi connectivity index (χ0n) is 19.5. The van der Waals surface area contributed by atoms with Gasteiger partial charge in [-0.05, 0) is 72.6 Å². The maximum Gasteiger partial charge on any atom is 0.279 e. The second-order valence-corrected chi connectivity index (χ2v) is 10.6. The molecule has 1 aromatic heterocycles. The molecule has 1 aliphatic rings. The quantitative estimate of drug-likeness (QED) is 0.406. The number of halogens is 1. The standard InChI is InChI=1S/C27H30ClNO3S/c1-5-18-8-10-20(32-27-29-22-11-9-19(28)13-24(22)33-27)14-21(18)25-23(30)12-15(2)6-7-16(3)17(4)26(25)31/h8-11,13-17,31H,5-7,12H2,1-4H3/b26-25+/t15-,16+,17?/m1/s1. The number of aryl methyl sites for hydroxylation is 1. The summed E-state index contributed by atoms with van der Waals surface area (Å²) in [6.45, 7) is 8.35. The number of rotatable bonds is 4. The number of aliphatic hydroxyl groups excluding tert-OH is 1. The molecule has 33 heavy (non-hydrogen) atoms. The molecule has 1 unspecified atom stereocenters. The summed E-state index contributed by atoms with van der Waals surface area (Å²) < 4.78 is 7.05. The van der Waals surface area contributed by atoms with Crippen LogP contribution in [0, 0.1) is 17.8 Å². The molecule has 6 heteroatoms. The van der Waals surface area contributed by atoms with E-state index in [0.29, 0.717) is 33.9 Å². The van der Waals surface area contributed by atoms with Gasteiger partial charge in [-0.3, -0.25) is 4.79 Å². The van der Waals surface area contributed by atoms with Crippen molar-refractivity contribution < 1.29 is 14.6 Å². The number of carbonyl (C=O) groups is 1. The minimum Gasteiger partial charge on any atom is -0.511 e. The molecular formula is C27H30ClNO3S. The van der Waals surface area contributed by atoms with Gasteiger partial charge >= 0.3 is 0 Å². The second kappa shape index (κ2) is 9.86. The number of Topliss-reactive ketones (excluding diaryl/α,β-unsaturated/α-hetero) is 1. The average molecular weight is 484 g/mol. The fraction of sp³-hybridized carbons (Fsp3) is 0.407. The Balaban J connectivity index is 1.77. The van der Waals surface area contributed by atoms with E-state index in [1.165, 1.54) is 11.3 Å². The van der Waals surface area contributed by atoms with Gasteiger partial charge in [-0.15, -0.1) is 0 Å². The van der Waals surface area contributed by atoms with Gasteiger partial charge in [-0.25, -0.2) is 4.98 Å². The van der Waals surface area contributed by atoms with Gasteiger partial charge in [-0.1, -0.05) is 56.7 Å². The van der Waals surface area contributed by atoms with E-state index < -0.39 is 0 Å². The normalized spacial score (nSPS) is 24.4. The third-order valence-electron chi connectivity index (χ3n) is 6.74. The topological polar surface area (TPSA) is 59.4 Å². The van der Waals surface area contributed by atoms with Crippen LogP contribution < -0.4 is 4.74 Å². The Morgan fingerprint density at radius 2 is 1.94 bits per heavy atom. The molecule has 0 amide bonds. The van der Waals surface area contributed by atoms with Gasteiger partial charge < -0.3 is 9.84 Å². The second-order valence-electron chi connectivity index (χ2n) is 9.20. The molecule has 174 valence electrons. The lowest BCUT2D eigenvalue weighted by molar-refractivity contribution is -0.114. The summed E-state index contributed by atoms with van der Waals surface area (Å²) in [5, 5.41) is 12.4. The van der Waals surface area contributed by atoms with Crippen molar-refractivity contribution in [1.29, 1.82) is 0 Å². The molecule has 0 saturated heterocycles. The highest BCUT2D eigenvalue weighted by Crippen LogP contribution is 2.38. The molecule has 1 aliphatic carbocycles. The summed E-state index contributed by atoms with van der Waals surface area (Å²) in [6.07, 6.45) is 3.17. The summed E-state index contributed by atoms with van der Waals surface area (Å²) >= 11 is 7.52. The Morgan fingerprint density at radius 1 is 1.15 bits per heavy atom. The minimum atomic E-state index is -0.0856. The molecule has 2 aromatic carbocycles. The number of benzene rings is 2. The van der Waals surface area contributed by atoms with Gasteiger partial charge in [-0.2, -0.15) is 0 Å². The van der Waals surface area contributed by atoms with Gasteiger partial charge in [0.2, 0.25) is 0 Å². The Morgan fingerprint density at radius 3 is 2.70 bits per heavy atom. The van der Waals surface area contributed by atoms with Crippen LogP contribution in [-0.2, 0) is 11.2 Å². The number of nitrogens with zero attached hydrogens (tertiary/aromatic N) is 1. The number of fused-ring (bicyclic) bond motifs is 1. The summed E-state index contributed by atoms with van der Waals surface area (Å²) in [5.74, 6) is 1.29. The highest BCUT2D eigenvalue weighted by molar-refractivity contribution is 7.20. The first kappa shape index (κ1) is 23.8. The summed E-state index contributed by atoms with van der Waals surface area (Å²) in [6, 6.07) is 11.3. The number of thiazole rings is 1. The molecule has 0 saturated carbocycles. The Bertz CT molecular complexity index is 1220. The van der Waals surface area contributed by atoms with E-state index in [1.54, 1.807) is 0 Å². The zero-order chi connectivity index (χ0) is 23.7. The van der Waals surface area contributed by atoms with E-state index in [9.17, 15) is 9.90 Å². The molecule has 3 aromatic rings. The van der Waals surface area contributed by atoms with Crippen molar-refractivity contribution in [3.63, 3.8) is 0 Å². The molecule has 4 nitrogen and oxygen atoms in total. The smallest absolute Gasteiger partial charge is 0.279 e. The van der Waals surface area contributed by atoms with Gasteiger partial charge in [0, 0.05) is 17.4 Å². The summed E-state index contributed by atoms with van der Waals surface area (Å²) in [5.41, 5.74) is 3.05. The van der Waals surface area contributed by atoms with Gasteiger partial charge in [0.25, 0.3) is 5.19 Å². The van der Waals surface area contributed by atoms with Crippen LogP contribution in [0.5, 0.6) is 10.9 Å². The lowest BCUT2D eigenvalue weighted by Gasteiger charge is -2.21. The van der Waals surface area contributed by atoms with Crippen molar-refractivity contribution in [3.8, 4) is 10.9 Å². The number of aliphatic hydroxyl groups is 1. The first-order chi connectivity index (χ1) is 15.8. The minimum absolute atomic E-state index is 0.00225. The van der Waals surface area contributed by atoms with E-state index in [4.69, 9.17) is 16.3 Å². The average Bonchev–Trinajstić information content (AvgIpc) is 3.18. The third kappa shape index (κ3) is 5.10. The Labute approximate surface area is 204 Å².